The zero-order valence-electron chi connectivity index (χ0n) is 13.5. The molecular formula is C16H29NO5. The van der Waals surface area contributed by atoms with Crippen LogP contribution in [0, 0.1) is 0 Å². The Morgan fingerprint density at radius 1 is 0.909 bits per heavy atom. The topological polar surface area (TPSA) is 104 Å². The summed E-state index contributed by atoms with van der Waals surface area (Å²) in [4.78, 5) is 1.79. The van der Waals surface area contributed by atoms with E-state index in [1.165, 1.54) is 0 Å². The Hall–Kier alpha value is -1.02. The van der Waals surface area contributed by atoms with Gasteiger partial charge in [0.2, 0.25) is 0 Å². The molecule has 1 aromatic carbocycles. The molecule has 0 amide bonds. The van der Waals surface area contributed by atoms with Gasteiger partial charge < -0.3 is 25.5 Å². The van der Waals surface area contributed by atoms with Crippen LogP contribution in [-0.4, -0.2) is 75.0 Å². The number of nitrogens with zero attached hydrogens (tertiary/aromatic N) is 1. The number of rotatable bonds is 8. The highest BCUT2D eigenvalue weighted by atomic mass is 16.4. The summed E-state index contributed by atoms with van der Waals surface area (Å²) in [5.41, 5.74) is 1.06. The van der Waals surface area contributed by atoms with Gasteiger partial charge in [-0.1, -0.05) is 44.2 Å². The number of benzene rings is 1. The summed E-state index contributed by atoms with van der Waals surface area (Å²) in [6.07, 6.45) is -5.80. The first-order chi connectivity index (χ1) is 10.5. The zero-order valence-corrected chi connectivity index (χ0v) is 13.5. The molecule has 4 unspecified atom stereocenters. The molecule has 0 aliphatic carbocycles. The van der Waals surface area contributed by atoms with Gasteiger partial charge in [0.1, 0.15) is 18.3 Å². The molecule has 1 aromatic rings. The van der Waals surface area contributed by atoms with E-state index >= 15 is 0 Å². The molecule has 4 atom stereocenters. The smallest absolute Gasteiger partial charge is 0.111 e. The lowest BCUT2D eigenvalue weighted by atomic mass is 10.0. The summed E-state index contributed by atoms with van der Waals surface area (Å²) in [6, 6.07) is 9.63. The van der Waals surface area contributed by atoms with E-state index in [0.29, 0.717) is 6.54 Å². The van der Waals surface area contributed by atoms with Gasteiger partial charge in [-0.15, -0.1) is 0 Å². The fourth-order valence-electron chi connectivity index (χ4n) is 1.95. The molecule has 0 spiro atoms. The Kier molecular flexibility index (Phi) is 11.0. The third-order valence-electron chi connectivity index (χ3n) is 3.12. The van der Waals surface area contributed by atoms with Crippen LogP contribution in [0.15, 0.2) is 30.3 Å². The molecule has 0 aliphatic rings. The molecule has 128 valence electrons. The molecule has 0 aromatic heterocycles. The van der Waals surface area contributed by atoms with E-state index in [1.807, 2.05) is 44.2 Å². The highest BCUT2D eigenvalue weighted by Crippen LogP contribution is 2.08. The Morgan fingerprint density at radius 3 is 1.91 bits per heavy atom. The normalized spacial score (nSPS) is 16.4. The fourth-order valence-corrected chi connectivity index (χ4v) is 1.95. The van der Waals surface area contributed by atoms with E-state index in [9.17, 15) is 20.4 Å². The maximum Gasteiger partial charge on any atom is 0.111 e. The molecule has 6 heteroatoms. The van der Waals surface area contributed by atoms with Crippen LogP contribution >= 0.6 is 0 Å². The van der Waals surface area contributed by atoms with Crippen molar-refractivity contribution in [1.29, 1.82) is 0 Å². The predicted octanol–water partition coefficient (Wildman–Crippen LogP) is -0.419. The quantitative estimate of drug-likeness (QED) is 0.446. The molecule has 1 rings (SSSR count). The monoisotopic (exact) mass is 315 g/mol. The Morgan fingerprint density at radius 2 is 1.41 bits per heavy atom. The lowest BCUT2D eigenvalue weighted by molar-refractivity contribution is -0.118. The first-order valence-corrected chi connectivity index (χ1v) is 7.51. The second-order valence-electron chi connectivity index (χ2n) is 4.98. The fraction of sp³-hybridized carbons (Fsp3) is 0.625. The van der Waals surface area contributed by atoms with Gasteiger partial charge in [-0.2, -0.15) is 0 Å². The molecule has 0 fully saturated rings. The summed E-state index contributed by atoms with van der Waals surface area (Å²) in [5, 5.41) is 47.0. The van der Waals surface area contributed by atoms with Crippen LogP contribution in [0.25, 0.3) is 0 Å². The molecule has 6 nitrogen and oxygen atoms in total. The molecule has 5 N–H and O–H groups in total. The Labute approximate surface area is 132 Å². The first-order valence-electron chi connectivity index (χ1n) is 7.51. The third-order valence-corrected chi connectivity index (χ3v) is 3.12. The summed E-state index contributed by atoms with van der Waals surface area (Å²) >= 11 is 0. The molecule has 22 heavy (non-hydrogen) atoms. The Balaban J connectivity index is 0.00000211. The third kappa shape index (κ3) is 7.31. The standard InChI is InChI=1S/C14H23NO5.C2H6/c1-15(7-10-5-3-2-4-6-10)8-11(17)13(19)14(20)12(18)9-16;1-2/h2-6,11-14,16-20H,7-9H2,1H3;1-2H3. The maximum absolute atomic E-state index is 9.84. The SMILES string of the molecule is CC.CN(Cc1ccccc1)CC(O)C(O)C(O)C(O)CO. The molecule has 0 saturated heterocycles. The van der Waals surface area contributed by atoms with E-state index < -0.39 is 31.0 Å². The van der Waals surface area contributed by atoms with Gasteiger partial charge in [0.05, 0.1) is 12.7 Å². The average molecular weight is 315 g/mol. The van der Waals surface area contributed by atoms with Crippen LogP contribution in [-0.2, 0) is 6.54 Å². The van der Waals surface area contributed by atoms with E-state index in [-0.39, 0.29) is 6.54 Å². The lowest BCUT2D eigenvalue weighted by Gasteiger charge is -2.28. The van der Waals surface area contributed by atoms with E-state index in [0.717, 1.165) is 5.56 Å². The summed E-state index contributed by atoms with van der Waals surface area (Å²) < 4.78 is 0. The predicted molar refractivity (Wildman–Crippen MR) is 85.2 cm³/mol. The minimum absolute atomic E-state index is 0.130. The van der Waals surface area contributed by atoms with Gasteiger partial charge in [-0.3, -0.25) is 4.90 Å². The van der Waals surface area contributed by atoms with E-state index in [2.05, 4.69) is 0 Å². The van der Waals surface area contributed by atoms with Crippen LogP contribution in [0.1, 0.15) is 19.4 Å². The van der Waals surface area contributed by atoms with Crippen molar-refractivity contribution in [3.8, 4) is 0 Å². The van der Waals surface area contributed by atoms with E-state index in [4.69, 9.17) is 5.11 Å². The number of likely N-dealkylation sites (N-methyl/N-ethyl adjacent to an activating group) is 1. The first kappa shape index (κ1) is 21.0. The lowest BCUT2D eigenvalue weighted by Crippen LogP contribution is -2.49. The zero-order chi connectivity index (χ0) is 17.1. The summed E-state index contributed by atoms with van der Waals surface area (Å²) in [6.45, 7) is 4.04. The van der Waals surface area contributed by atoms with Crippen LogP contribution in [0.4, 0.5) is 0 Å². The largest absolute Gasteiger partial charge is 0.394 e. The van der Waals surface area contributed by atoms with Gasteiger partial charge >= 0.3 is 0 Å². The van der Waals surface area contributed by atoms with E-state index in [1.54, 1.807) is 11.9 Å². The average Bonchev–Trinajstić information content (AvgIpc) is 2.55. The van der Waals surface area contributed by atoms with Gasteiger partial charge in [-0.05, 0) is 12.6 Å². The van der Waals surface area contributed by atoms with Crippen LogP contribution in [0.3, 0.4) is 0 Å². The molecule has 0 heterocycles. The van der Waals surface area contributed by atoms with Crippen molar-refractivity contribution in [2.24, 2.45) is 0 Å². The van der Waals surface area contributed by atoms with Crippen molar-refractivity contribution in [2.45, 2.75) is 44.8 Å². The number of aliphatic hydroxyl groups excluding tert-OH is 5. The minimum atomic E-state index is -1.58. The van der Waals surface area contributed by atoms with Crippen molar-refractivity contribution < 1.29 is 25.5 Å². The molecule has 0 saturated carbocycles. The second-order valence-corrected chi connectivity index (χ2v) is 4.98. The van der Waals surface area contributed by atoms with Crippen molar-refractivity contribution in [1.82, 2.24) is 4.90 Å². The van der Waals surface area contributed by atoms with Gasteiger partial charge in [-0.25, -0.2) is 0 Å². The van der Waals surface area contributed by atoms with Crippen molar-refractivity contribution in [2.75, 3.05) is 20.2 Å². The van der Waals surface area contributed by atoms with Crippen LogP contribution in [0.5, 0.6) is 0 Å². The van der Waals surface area contributed by atoms with Crippen molar-refractivity contribution in [3.63, 3.8) is 0 Å². The van der Waals surface area contributed by atoms with Crippen molar-refractivity contribution in [3.05, 3.63) is 35.9 Å². The second kappa shape index (κ2) is 11.5. The van der Waals surface area contributed by atoms with Crippen LogP contribution < -0.4 is 0 Å². The molecule has 0 aliphatic heterocycles. The Bertz CT molecular complexity index is 376. The highest BCUT2D eigenvalue weighted by Gasteiger charge is 2.30. The summed E-state index contributed by atoms with van der Waals surface area (Å²) in [5.74, 6) is 0. The van der Waals surface area contributed by atoms with Gasteiger partial charge in [0.15, 0.2) is 0 Å². The van der Waals surface area contributed by atoms with Crippen LogP contribution in [0.2, 0.25) is 0 Å². The maximum atomic E-state index is 9.84. The van der Waals surface area contributed by atoms with Crippen molar-refractivity contribution >= 4 is 0 Å². The summed E-state index contributed by atoms with van der Waals surface area (Å²) in [7, 11) is 1.78. The number of aliphatic hydroxyl groups is 5. The minimum Gasteiger partial charge on any atom is -0.394 e. The molecule has 0 bridgehead atoms. The molecule has 0 radical (unpaired) electrons. The molecular weight excluding hydrogens is 286 g/mol. The van der Waals surface area contributed by atoms with Gasteiger partial charge in [0.25, 0.3) is 0 Å². The number of hydrogen-bond acceptors (Lipinski definition) is 6. The van der Waals surface area contributed by atoms with Gasteiger partial charge in [0, 0.05) is 13.1 Å². The highest BCUT2D eigenvalue weighted by molar-refractivity contribution is 5.14. The number of hydrogen-bond donors (Lipinski definition) is 5.